The molecular formula is C13H20NO2P. The second kappa shape index (κ2) is 4.35. The van der Waals surface area contributed by atoms with Crippen molar-refractivity contribution < 1.29 is 9.05 Å². The molecule has 0 N–H and O–H groups in total. The number of rotatable bonds is 1. The Kier molecular flexibility index (Phi) is 3.34. The smallest absolute Gasteiger partial charge is 0.201 e. The van der Waals surface area contributed by atoms with E-state index in [0.29, 0.717) is 0 Å². The van der Waals surface area contributed by atoms with Crippen LogP contribution >= 0.6 is 8.38 Å². The lowest BCUT2D eigenvalue weighted by Gasteiger charge is -2.29. The van der Waals surface area contributed by atoms with Crippen LogP contribution in [0.25, 0.3) is 0 Å². The Morgan fingerprint density at radius 1 is 1.29 bits per heavy atom. The first-order valence-electron chi connectivity index (χ1n) is 6.13. The van der Waals surface area contributed by atoms with E-state index in [2.05, 4.69) is 39.8 Å². The van der Waals surface area contributed by atoms with Crippen LogP contribution in [-0.4, -0.2) is 11.2 Å². The van der Waals surface area contributed by atoms with Crippen molar-refractivity contribution in [1.29, 1.82) is 5.26 Å². The van der Waals surface area contributed by atoms with Crippen LogP contribution in [-0.2, 0) is 9.05 Å². The van der Waals surface area contributed by atoms with E-state index in [0.717, 1.165) is 19.3 Å². The van der Waals surface area contributed by atoms with E-state index in [-0.39, 0.29) is 17.1 Å². The monoisotopic (exact) mass is 253 g/mol. The number of hydrogen-bond donors (Lipinski definition) is 0. The van der Waals surface area contributed by atoms with E-state index >= 15 is 0 Å². The summed E-state index contributed by atoms with van der Waals surface area (Å²) in [4.78, 5) is 0. The minimum absolute atomic E-state index is 0.178. The first kappa shape index (κ1) is 13.0. The third-order valence-corrected chi connectivity index (χ3v) is 6.00. The van der Waals surface area contributed by atoms with Gasteiger partial charge in [0.05, 0.1) is 23.2 Å². The van der Waals surface area contributed by atoms with Crippen LogP contribution in [0.15, 0.2) is 11.4 Å². The molecule has 0 radical (unpaired) electrons. The van der Waals surface area contributed by atoms with E-state index in [9.17, 15) is 0 Å². The zero-order valence-electron chi connectivity index (χ0n) is 11.0. The lowest BCUT2D eigenvalue weighted by atomic mass is 9.90. The van der Waals surface area contributed by atoms with Gasteiger partial charge in [-0.1, -0.05) is 6.08 Å². The zero-order valence-corrected chi connectivity index (χ0v) is 11.9. The summed E-state index contributed by atoms with van der Waals surface area (Å²) in [7, 11) is -0.912. The molecule has 1 unspecified atom stereocenters. The third kappa shape index (κ3) is 2.40. The predicted molar refractivity (Wildman–Crippen MR) is 68.3 cm³/mol. The first-order chi connectivity index (χ1) is 7.86. The van der Waals surface area contributed by atoms with Gasteiger partial charge in [-0.05, 0) is 47.0 Å². The normalized spacial score (nSPS) is 31.9. The highest BCUT2D eigenvalue weighted by atomic mass is 31.2. The molecule has 2 rings (SSSR count). The van der Waals surface area contributed by atoms with Crippen LogP contribution in [0.5, 0.6) is 0 Å². The van der Waals surface area contributed by atoms with E-state index in [1.54, 1.807) is 0 Å². The molecular weight excluding hydrogens is 233 g/mol. The van der Waals surface area contributed by atoms with Crippen molar-refractivity contribution in [2.45, 2.75) is 58.2 Å². The van der Waals surface area contributed by atoms with Crippen molar-refractivity contribution in [3.05, 3.63) is 11.4 Å². The van der Waals surface area contributed by atoms with E-state index in [4.69, 9.17) is 14.3 Å². The summed E-state index contributed by atoms with van der Waals surface area (Å²) in [6, 6.07) is 2.33. The minimum atomic E-state index is -0.912. The fourth-order valence-electron chi connectivity index (χ4n) is 1.87. The molecule has 0 amide bonds. The maximum atomic E-state index is 8.87. The van der Waals surface area contributed by atoms with Gasteiger partial charge < -0.3 is 9.05 Å². The molecule has 2 aliphatic rings. The topological polar surface area (TPSA) is 42.2 Å². The molecule has 1 aliphatic heterocycles. The molecule has 0 saturated carbocycles. The van der Waals surface area contributed by atoms with Crippen molar-refractivity contribution >= 4 is 8.38 Å². The maximum Gasteiger partial charge on any atom is 0.201 e. The van der Waals surface area contributed by atoms with Crippen molar-refractivity contribution in [3.63, 3.8) is 0 Å². The van der Waals surface area contributed by atoms with Crippen molar-refractivity contribution in [2.24, 2.45) is 5.92 Å². The SMILES string of the molecule is CC1(C)OP(C2=CCC(C#N)CC2)OC1(C)C. The zero-order chi connectivity index (χ0) is 12.7. The molecule has 0 aromatic heterocycles. The van der Waals surface area contributed by atoms with Gasteiger partial charge in [0.2, 0.25) is 8.38 Å². The van der Waals surface area contributed by atoms with E-state index < -0.39 is 8.38 Å². The fraction of sp³-hybridized carbons (Fsp3) is 0.769. The largest absolute Gasteiger partial charge is 0.322 e. The molecule has 17 heavy (non-hydrogen) atoms. The molecule has 0 spiro atoms. The molecule has 1 heterocycles. The number of nitrogens with zero attached hydrogens (tertiary/aromatic N) is 1. The summed E-state index contributed by atoms with van der Waals surface area (Å²) >= 11 is 0. The van der Waals surface area contributed by atoms with E-state index in [1.807, 2.05) is 0 Å². The summed E-state index contributed by atoms with van der Waals surface area (Å²) in [5, 5.41) is 10.1. The van der Waals surface area contributed by atoms with Gasteiger partial charge in [0.15, 0.2) is 0 Å². The van der Waals surface area contributed by atoms with Crippen LogP contribution in [0.1, 0.15) is 47.0 Å². The molecule has 94 valence electrons. The second-order valence-corrected chi connectivity index (χ2v) is 7.21. The Bertz CT molecular complexity index is 365. The quantitative estimate of drug-likeness (QED) is 0.660. The Labute approximate surface area is 105 Å². The second-order valence-electron chi connectivity index (χ2n) is 5.76. The molecule has 0 aromatic carbocycles. The van der Waals surface area contributed by atoms with Gasteiger partial charge in [0, 0.05) is 5.31 Å². The predicted octanol–water partition coefficient (Wildman–Crippen LogP) is 4.11. The summed E-state index contributed by atoms with van der Waals surface area (Å²) in [5.74, 6) is 0.178. The summed E-state index contributed by atoms with van der Waals surface area (Å²) < 4.78 is 12.1. The number of hydrogen-bond acceptors (Lipinski definition) is 3. The molecule has 0 aromatic rings. The Morgan fingerprint density at radius 3 is 2.29 bits per heavy atom. The lowest BCUT2D eigenvalue weighted by Crippen LogP contribution is -2.41. The third-order valence-electron chi connectivity index (χ3n) is 3.88. The minimum Gasteiger partial charge on any atom is -0.322 e. The standard InChI is InChI=1S/C13H20NO2P/c1-12(2)13(3,4)16-17(15-12)11-7-5-10(9-14)6-8-11/h7,10H,5-6,8H2,1-4H3. The van der Waals surface area contributed by atoms with Gasteiger partial charge >= 0.3 is 0 Å². The number of nitriles is 1. The van der Waals surface area contributed by atoms with Crippen molar-refractivity contribution in [1.82, 2.24) is 0 Å². The van der Waals surface area contributed by atoms with Crippen molar-refractivity contribution in [3.8, 4) is 6.07 Å². The van der Waals surface area contributed by atoms with Gasteiger partial charge in [-0.2, -0.15) is 5.26 Å². The highest BCUT2D eigenvalue weighted by Gasteiger charge is 2.50. The highest BCUT2D eigenvalue weighted by Crippen LogP contribution is 2.63. The van der Waals surface area contributed by atoms with Crippen LogP contribution in [0, 0.1) is 17.2 Å². The highest BCUT2D eigenvalue weighted by molar-refractivity contribution is 7.52. The fourth-order valence-corrected chi connectivity index (χ4v) is 3.98. The van der Waals surface area contributed by atoms with Crippen LogP contribution in [0.2, 0.25) is 0 Å². The molecule has 1 fully saturated rings. The average Bonchev–Trinajstić information content (AvgIpc) is 2.48. The molecule has 1 saturated heterocycles. The Balaban J connectivity index is 2.08. The van der Waals surface area contributed by atoms with Crippen LogP contribution in [0.4, 0.5) is 0 Å². The van der Waals surface area contributed by atoms with Crippen LogP contribution in [0.3, 0.4) is 0 Å². The molecule has 1 aliphatic carbocycles. The summed E-state index contributed by atoms with van der Waals surface area (Å²) in [6.07, 6.45) is 4.88. The Hall–Kier alpha value is -0.420. The van der Waals surface area contributed by atoms with Gasteiger partial charge in [0.25, 0.3) is 0 Å². The molecule has 0 bridgehead atoms. The summed E-state index contributed by atoms with van der Waals surface area (Å²) in [6.45, 7) is 8.32. The maximum absolute atomic E-state index is 8.87. The first-order valence-corrected chi connectivity index (χ1v) is 7.30. The molecule has 1 atom stereocenters. The van der Waals surface area contributed by atoms with Gasteiger partial charge in [-0.15, -0.1) is 0 Å². The van der Waals surface area contributed by atoms with Gasteiger partial charge in [-0.25, -0.2) is 0 Å². The number of allylic oxidation sites excluding steroid dienone is 2. The average molecular weight is 253 g/mol. The summed E-state index contributed by atoms with van der Waals surface area (Å²) in [5.41, 5.74) is -0.489. The Morgan fingerprint density at radius 2 is 1.88 bits per heavy atom. The molecule has 4 heteroatoms. The van der Waals surface area contributed by atoms with Crippen molar-refractivity contribution in [2.75, 3.05) is 0 Å². The molecule has 3 nitrogen and oxygen atoms in total. The lowest BCUT2D eigenvalue weighted by molar-refractivity contribution is 0.00578. The van der Waals surface area contributed by atoms with E-state index in [1.165, 1.54) is 5.31 Å². The van der Waals surface area contributed by atoms with Crippen LogP contribution < -0.4 is 0 Å². The van der Waals surface area contributed by atoms with Gasteiger partial charge in [0.1, 0.15) is 0 Å². The van der Waals surface area contributed by atoms with Gasteiger partial charge in [-0.3, -0.25) is 0 Å².